The van der Waals surface area contributed by atoms with Crippen molar-refractivity contribution in [2.24, 2.45) is 0 Å². The number of rotatable bonds is 5. The van der Waals surface area contributed by atoms with E-state index in [2.05, 4.69) is 21.3 Å². The number of methoxy groups -OCH3 is 3. The summed E-state index contributed by atoms with van der Waals surface area (Å²) in [5, 5.41) is 0. The van der Waals surface area contributed by atoms with Gasteiger partial charge in [0.1, 0.15) is 5.75 Å². The quantitative estimate of drug-likeness (QED) is 0.455. The van der Waals surface area contributed by atoms with Crippen molar-refractivity contribution in [3.63, 3.8) is 0 Å². The van der Waals surface area contributed by atoms with Crippen LogP contribution in [0.4, 0.5) is 4.79 Å². The Bertz CT molecular complexity index is 741. The number of esters is 1. The fourth-order valence-electron chi connectivity index (χ4n) is 2.66. The van der Waals surface area contributed by atoms with E-state index in [1.807, 2.05) is 26.8 Å². The summed E-state index contributed by atoms with van der Waals surface area (Å²) in [6.45, 7) is 7.67. The van der Waals surface area contributed by atoms with Gasteiger partial charge in [0.15, 0.2) is 5.60 Å². The minimum absolute atomic E-state index is 0.388. The van der Waals surface area contributed by atoms with Crippen molar-refractivity contribution in [2.45, 2.75) is 46.1 Å². The summed E-state index contributed by atoms with van der Waals surface area (Å²) < 4.78 is 19.8. The van der Waals surface area contributed by atoms with E-state index in [0.717, 1.165) is 28.0 Å². The van der Waals surface area contributed by atoms with Crippen molar-refractivity contribution in [3.05, 3.63) is 28.3 Å². The average molecular weight is 362 g/mol. The second kappa shape index (κ2) is 9.14. The summed E-state index contributed by atoms with van der Waals surface area (Å²) in [5.74, 6) is 5.16. The molecule has 1 unspecified atom stereocenters. The van der Waals surface area contributed by atoms with Crippen LogP contribution in [0.1, 0.15) is 35.6 Å². The van der Waals surface area contributed by atoms with E-state index in [1.54, 1.807) is 14.0 Å². The molecule has 0 N–H and O–H groups in total. The predicted molar refractivity (Wildman–Crippen MR) is 97.2 cm³/mol. The molecule has 0 aliphatic heterocycles. The van der Waals surface area contributed by atoms with E-state index >= 15 is 0 Å². The fourth-order valence-corrected chi connectivity index (χ4v) is 2.66. The van der Waals surface area contributed by atoms with Crippen LogP contribution in [0.3, 0.4) is 0 Å². The van der Waals surface area contributed by atoms with E-state index in [1.165, 1.54) is 14.2 Å². The van der Waals surface area contributed by atoms with Gasteiger partial charge in [-0.15, -0.1) is 0 Å². The number of carbonyl (C=O) groups excluding carboxylic acids is 2. The van der Waals surface area contributed by atoms with Gasteiger partial charge < -0.3 is 18.9 Å². The number of aryl methyl sites for hydroxylation is 1. The monoisotopic (exact) mass is 362 g/mol. The average Bonchev–Trinajstić information content (AvgIpc) is 2.62. The molecule has 6 nitrogen and oxygen atoms in total. The molecule has 0 aliphatic carbocycles. The Kier molecular flexibility index (Phi) is 7.51. The van der Waals surface area contributed by atoms with Crippen LogP contribution in [-0.2, 0) is 25.4 Å². The van der Waals surface area contributed by atoms with Gasteiger partial charge in [0.25, 0.3) is 0 Å². The van der Waals surface area contributed by atoms with Crippen LogP contribution in [-0.4, -0.2) is 39.1 Å². The summed E-state index contributed by atoms with van der Waals surface area (Å²) in [7, 11) is 4.10. The molecule has 1 aromatic rings. The lowest BCUT2D eigenvalue weighted by atomic mass is 9.90. The van der Waals surface area contributed by atoms with Crippen molar-refractivity contribution in [1.82, 2.24) is 0 Å². The Morgan fingerprint density at radius 3 is 2.27 bits per heavy atom. The van der Waals surface area contributed by atoms with Crippen LogP contribution in [0.2, 0.25) is 0 Å². The normalized spacial score (nSPS) is 12.3. The first-order valence-corrected chi connectivity index (χ1v) is 8.19. The van der Waals surface area contributed by atoms with E-state index in [4.69, 9.17) is 9.47 Å². The number of ether oxygens (including phenoxy) is 4. The first-order chi connectivity index (χ1) is 12.2. The minimum atomic E-state index is -1.19. The van der Waals surface area contributed by atoms with Crippen LogP contribution in [0.5, 0.6) is 5.75 Å². The van der Waals surface area contributed by atoms with E-state index in [9.17, 15) is 9.59 Å². The zero-order chi connectivity index (χ0) is 19.9. The maximum absolute atomic E-state index is 11.6. The smallest absolute Gasteiger partial charge is 0.496 e. The summed E-state index contributed by atoms with van der Waals surface area (Å²) >= 11 is 0. The zero-order valence-electron chi connectivity index (χ0n) is 16.4. The Hall–Kier alpha value is -2.68. The summed E-state index contributed by atoms with van der Waals surface area (Å²) in [6.07, 6.45) is 0.136. The van der Waals surface area contributed by atoms with Crippen LogP contribution in [0.25, 0.3) is 0 Å². The zero-order valence-corrected chi connectivity index (χ0v) is 16.4. The van der Waals surface area contributed by atoms with Gasteiger partial charge in [-0.25, -0.2) is 9.59 Å². The Balaban J connectivity index is 3.13. The summed E-state index contributed by atoms with van der Waals surface area (Å²) in [4.78, 5) is 22.9. The molecule has 0 aliphatic rings. The number of hydrogen-bond acceptors (Lipinski definition) is 6. The summed E-state index contributed by atoms with van der Waals surface area (Å²) in [5.41, 5.74) is 3.19. The maximum atomic E-state index is 11.6. The van der Waals surface area contributed by atoms with E-state index in [0.29, 0.717) is 12.8 Å². The van der Waals surface area contributed by atoms with Crippen LogP contribution < -0.4 is 4.74 Å². The molecule has 0 fully saturated rings. The lowest BCUT2D eigenvalue weighted by Crippen LogP contribution is -2.31. The molecule has 142 valence electrons. The van der Waals surface area contributed by atoms with E-state index in [-0.39, 0.29) is 0 Å². The molecule has 1 atom stereocenters. The van der Waals surface area contributed by atoms with Gasteiger partial charge in [0, 0.05) is 12.3 Å². The molecule has 0 spiro atoms. The standard InChI is InChI=1S/C20H26O6/c1-13-12-17(23-5)15(3)14(2)16(13)8-10-20(4,26-19(22)25-7)11-9-18(21)24-6/h12H,8,10H2,1-7H3. The van der Waals surface area contributed by atoms with Gasteiger partial charge in [-0.3, -0.25) is 0 Å². The van der Waals surface area contributed by atoms with E-state index < -0.39 is 17.7 Å². The Morgan fingerprint density at radius 2 is 1.73 bits per heavy atom. The van der Waals surface area contributed by atoms with Gasteiger partial charge in [-0.2, -0.15) is 0 Å². The summed E-state index contributed by atoms with van der Waals surface area (Å²) in [6, 6.07) is 1.98. The molecule has 0 radical (unpaired) electrons. The van der Waals surface area contributed by atoms with Gasteiger partial charge in [-0.05, 0) is 68.4 Å². The Morgan fingerprint density at radius 1 is 1.08 bits per heavy atom. The van der Waals surface area contributed by atoms with Crippen LogP contribution in [0, 0.1) is 32.6 Å². The first-order valence-electron chi connectivity index (χ1n) is 8.19. The van der Waals surface area contributed by atoms with Crippen LogP contribution >= 0.6 is 0 Å². The second-order valence-electron chi connectivity index (χ2n) is 6.15. The topological polar surface area (TPSA) is 71.1 Å². The minimum Gasteiger partial charge on any atom is -0.496 e. The largest absolute Gasteiger partial charge is 0.509 e. The molecular weight excluding hydrogens is 336 g/mol. The van der Waals surface area contributed by atoms with Gasteiger partial charge in [-0.1, -0.05) is 0 Å². The molecule has 0 aromatic heterocycles. The number of benzene rings is 1. The highest BCUT2D eigenvalue weighted by Gasteiger charge is 2.28. The molecule has 0 bridgehead atoms. The second-order valence-corrected chi connectivity index (χ2v) is 6.15. The molecule has 0 heterocycles. The Labute approximate surface area is 154 Å². The molecule has 6 heteroatoms. The predicted octanol–water partition coefficient (Wildman–Crippen LogP) is 3.27. The molecule has 0 amide bonds. The third kappa shape index (κ3) is 5.41. The molecule has 0 saturated carbocycles. The first kappa shape index (κ1) is 21.4. The van der Waals surface area contributed by atoms with Gasteiger partial charge in [0.05, 0.1) is 21.3 Å². The highest BCUT2D eigenvalue weighted by atomic mass is 16.7. The maximum Gasteiger partial charge on any atom is 0.509 e. The molecule has 0 saturated heterocycles. The van der Waals surface area contributed by atoms with Crippen LogP contribution in [0.15, 0.2) is 6.07 Å². The lowest BCUT2D eigenvalue weighted by Gasteiger charge is -2.24. The lowest BCUT2D eigenvalue weighted by molar-refractivity contribution is -0.133. The van der Waals surface area contributed by atoms with Gasteiger partial charge >= 0.3 is 12.1 Å². The molecule has 1 rings (SSSR count). The fraction of sp³-hybridized carbons (Fsp3) is 0.500. The molecule has 1 aromatic carbocycles. The highest BCUT2D eigenvalue weighted by molar-refractivity contribution is 5.88. The van der Waals surface area contributed by atoms with Crippen molar-refractivity contribution in [1.29, 1.82) is 0 Å². The molecular formula is C20H26O6. The SMILES string of the molecule is COC(=O)C#CC(C)(CCc1c(C)cc(OC)c(C)c1C)OC(=O)OC. The van der Waals surface area contributed by atoms with Crippen molar-refractivity contribution < 1.29 is 28.5 Å². The highest BCUT2D eigenvalue weighted by Crippen LogP contribution is 2.30. The number of carbonyl (C=O) groups is 2. The third-order valence-corrected chi connectivity index (χ3v) is 4.37. The van der Waals surface area contributed by atoms with Crippen molar-refractivity contribution in [3.8, 4) is 17.6 Å². The third-order valence-electron chi connectivity index (χ3n) is 4.37. The van der Waals surface area contributed by atoms with Gasteiger partial charge in [0.2, 0.25) is 0 Å². The van der Waals surface area contributed by atoms with Crippen molar-refractivity contribution in [2.75, 3.05) is 21.3 Å². The number of hydrogen-bond donors (Lipinski definition) is 0. The van der Waals surface area contributed by atoms with Crippen molar-refractivity contribution >= 4 is 12.1 Å². The molecule has 26 heavy (non-hydrogen) atoms.